The largest absolute Gasteiger partial charge is 0.335 e. The van der Waals surface area contributed by atoms with Crippen molar-refractivity contribution in [2.75, 3.05) is 4.90 Å². The molecule has 0 radical (unpaired) electrons. The maximum Gasteiger partial charge on any atom is 0.335 e. The van der Waals surface area contributed by atoms with Gasteiger partial charge >= 0.3 is 6.03 Å². The van der Waals surface area contributed by atoms with Gasteiger partial charge in [0, 0.05) is 0 Å². The quantitative estimate of drug-likeness (QED) is 0.800. The zero-order valence-corrected chi connectivity index (χ0v) is 11.1. The number of nitrogens with one attached hydrogen (secondary N) is 1. The number of nitrogens with zero attached hydrogens (tertiary/aromatic N) is 1. The molecule has 0 spiro atoms. The highest BCUT2D eigenvalue weighted by molar-refractivity contribution is 6.29. The lowest BCUT2D eigenvalue weighted by atomic mass is 9.88. The molecule has 106 valence electrons. The number of hydrogen-bond donors (Lipinski definition) is 1. The molecule has 2 rings (SSSR count). The SMILES string of the molecule is Cc1ccc(F)c(N2C(=O)NC(=O)C(C)(C)C2=O)c1F. The van der Waals surface area contributed by atoms with E-state index in [9.17, 15) is 23.2 Å². The Hall–Kier alpha value is -2.31. The van der Waals surface area contributed by atoms with Crippen molar-refractivity contribution in [3.05, 3.63) is 29.3 Å². The zero-order chi connectivity index (χ0) is 15.2. The van der Waals surface area contributed by atoms with E-state index in [1.165, 1.54) is 26.8 Å². The molecule has 4 amide bonds. The first-order chi connectivity index (χ1) is 9.17. The van der Waals surface area contributed by atoms with Gasteiger partial charge in [0.15, 0.2) is 11.6 Å². The molecule has 7 heteroatoms. The van der Waals surface area contributed by atoms with Crippen LogP contribution in [0.2, 0.25) is 0 Å². The molecule has 0 saturated carbocycles. The number of hydrogen-bond acceptors (Lipinski definition) is 3. The lowest BCUT2D eigenvalue weighted by Crippen LogP contribution is -2.62. The van der Waals surface area contributed by atoms with Gasteiger partial charge in [-0.15, -0.1) is 0 Å². The molecule has 0 atom stereocenters. The summed E-state index contributed by atoms with van der Waals surface area (Å²) >= 11 is 0. The van der Waals surface area contributed by atoms with Crippen LogP contribution >= 0.6 is 0 Å². The summed E-state index contributed by atoms with van der Waals surface area (Å²) in [7, 11) is 0. The van der Waals surface area contributed by atoms with E-state index in [0.29, 0.717) is 4.90 Å². The van der Waals surface area contributed by atoms with Gasteiger partial charge in [-0.25, -0.2) is 18.5 Å². The number of anilines is 1. The van der Waals surface area contributed by atoms with Crippen molar-refractivity contribution in [3.63, 3.8) is 0 Å². The highest BCUT2D eigenvalue weighted by Gasteiger charge is 2.49. The average Bonchev–Trinajstić information content (AvgIpc) is 2.36. The molecule has 1 heterocycles. The zero-order valence-electron chi connectivity index (χ0n) is 11.1. The summed E-state index contributed by atoms with van der Waals surface area (Å²) in [6, 6.07) is 0.983. The number of carbonyl (C=O) groups is 3. The van der Waals surface area contributed by atoms with Crippen LogP contribution < -0.4 is 10.2 Å². The van der Waals surface area contributed by atoms with Crippen LogP contribution in [0.4, 0.5) is 19.3 Å². The second-order valence-corrected chi connectivity index (χ2v) is 5.05. The molecule has 0 unspecified atom stereocenters. The van der Waals surface area contributed by atoms with Crippen molar-refractivity contribution in [1.29, 1.82) is 0 Å². The normalized spacial score (nSPS) is 18.2. The fraction of sp³-hybridized carbons (Fsp3) is 0.308. The number of imide groups is 2. The van der Waals surface area contributed by atoms with Crippen LogP contribution in [0.15, 0.2) is 12.1 Å². The summed E-state index contributed by atoms with van der Waals surface area (Å²) in [5.74, 6) is -3.85. The molecule has 1 aliphatic heterocycles. The molecule has 20 heavy (non-hydrogen) atoms. The Bertz CT molecular complexity index is 641. The first-order valence-corrected chi connectivity index (χ1v) is 5.82. The van der Waals surface area contributed by atoms with E-state index in [1.54, 1.807) is 0 Å². The van der Waals surface area contributed by atoms with Crippen molar-refractivity contribution in [2.24, 2.45) is 5.41 Å². The van der Waals surface area contributed by atoms with Crippen molar-refractivity contribution >= 4 is 23.5 Å². The second-order valence-electron chi connectivity index (χ2n) is 5.05. The Morgan fingerprint density at radius 2 is 1.75 bits per heavy atom. The first-order valence-electron chi connectivity index (χ1n) is 5.82. The minimum atomic E-state index is -1.59. The Kier molecular flexibility index (Phi) is 3.08. The number of carbonyl (C=O) groups excluding carboxylic acids is 3. The number of barbiturate groups is 1. The van der Waals surface area contributed by atoms with Gasteiger partial charge < -0.3 is 0 Å². The predicted molar refractivity (Wildman–Crippen MR) is 65.9 cm³/mol. The summed E-state index contributed by atoms with van der Waals surface area (Å²) in [5, 5.41) is 1.92. The van der Waals surface area contributed by atoms with Crippen LogP contribution in [0.5, 0.6) is 0 Å². The maximum atomic E-state index is 14.0. The van der Waals surface area contributed by atoms with Gasteiger partial charge in [0.2, 0.25) is 5.91 Å². The van der Waals surface area contributed by atoms with Crippen LogP contribution in [-0.4, -0.2) is 17.8 Å². The van der Waals surface area contributed by atoms with E-state index in [4.69, 9.17) is 0 Å². The van der Waals surface area contributed by atoms with Crippen molar-refractivity contribution in [3.8, 4) is 0 Å². The molecule has 1 aromatic carbocycles. The molecule has 0 aromatic heterocycles. The highest BCUT2D eigenvalue weighted by atomic mass is 19.1. The molecule has 5 nitrogen and oxygen atoms in total. The Balaban J connectivity index is 2.63. The van der Waals surface area contributed by atoms with Gasteiger partial charge in [-0.2, -0.15) is 0 Å². The third-order valence-electron chi connectivity index (χ3n) is 3.21. The fourth-order valence-electron chi connectivity index (χ4n) is 1.83. The van der Waals surface area contributed by atoms with Crippen LogP contribution in [-0.2, 0) is 9.59 Å². The molecular weight excluding hydrogens is 270 g/mol. The molecule has 1 N–H and O–H groups in total. The monoisotopic (exact) mass is 282 g/mol. The highest BCUT2D eigenvalue weighted by Crippen LogP contribution is 2.32. The lowest BCUT2D eigenvalue weighted by molar-refractivity contribution is -0.140. The van der Waals surface area contributed by atoms with Crippen LogP contribution in [0.25, 0.3) is 0 Å². The number of halogens is 2. The minimum Gasteiger partial charge on any atom is -0.276 e. The third kappa shape index (κ3) is 1.86. The molecule has 0 bridgehead atoms. The van der Waals surface area contributed by atoms with Gasteiger partial charge in [0.05, 0.1) is 0 Å². The Morgan fingerprint density at radius 1 is 1.15 bits per heavy atom. The topological polar surface area (TPSA) is 66.5 Å². The molecule has 0 aliphatic carbocycles. The van der Waals surface area contributed by atoms with Crippen LogP contribution in [0.3, 0.4) is 0 Å². The van der Waals surface area contributed by atoms with Gasteiger partial charge in [-0.1, -0.05) is 6.07 Å². The number of benzene rings is 1. The molecule has 1 fully saturated rings. The van der Waals surface area contributed by atoms with Crippen molar-refractivity contribution in [1.82, 2.24) is 5.32 Å². The maximum absolute atomic E-state index is 14.0. The van der Waals surface area contributed by atoms with E-state index in [-0.39, 0.29) is 5.56 Å². The third-order valence-corrected chi connectivity index (χ3v) is 3.21. The number of urea groups is 1. The number of aryl methyl sites for hydroxylation is 1. The van der Waals surface area contributed by atoms with Crippen LogP contribution in [0, 0.1) is 24.0 Å². The van der Waals surface area contributed by atoms with E-state index in [2.05, 4.69) is 0 Å². The molecule has 1 aromatic rings. The van der Waals surface area contributed by atoms with Gasteiger partial charge in [-0.3, -0.25) is 14.9 Å². The summed E-state index contributed by atoms with van der Waals surface area (Å²) in [6.45, 7) is 3.92. The molecule has 1 saturated heterocycles. The average molecular weight is 282 g/mol. The number of amides is 4. The smallest absolute Gasteiger partial charge is 0.276 e. The van der Waals surface area contributed by atoms with Gasteiger partial charge in [0.25, 0.3) is 5.91 Å². The Morgan fingerprint density at radius 3 is 2.35 bits per heavy atom. The predicted octanol–water partition coefficient (Wildman–Crippen LogP) is 1.88. The molecule has 1 aliphatic rings. The van der Waals surface area contributed by atoms with Crippen LogP contribution in [0.1, 0.15) is 19.4 Å². The van der Waals surface area contributed by atoms with E-state index >= 15 is 0 Å². The lowest BCUT2D eigenvalue weighted by Gasteiger charge is -2.34. The standard InChI is InChI=1S/C13H12F2N2O3/c1-6-4-5-7(14)9(8(6)15)17-11(19)13(2,3)10(18)16-12(17)20/h4-5H,1-3H3,(H,16,18,20). The van der Waals surface area contributed by atoms with Crippen molar-refractivity contribution in [2.45, 2.75) is 20.8 Å². The van der Waals surface area contributed by atoms with E-state index < -0.39 is 40.6 Å². The van der Waals surface area contributed by atoms with E-state index in [1.807, 2.05) is 5.32 Å². The molecular formula is C13H12F2N2O3. The minimum absolute atomic E-state index is 0.0803. The summed E-state index contributed by atoms with van der Waals surface area (Å²) in [6.07, 6.45) is 0. The van der Waals surface area contributed by atoms with Gasteiger partial charge in [0.1, 0.15) is 11.1 Å². The summed E-state index contributed by atoms with van der Waals surface area (Å²) < 4.78 is 27.9. The first kappa shape index (κ1) is 14.1. The van der Waals surface area contributed by atoms with Gasteiger partial charge in [-0.05, 0) is 32.4 Å². The van der Waals surface area contributed by atoms with E-state index in [0.717, 1.165) is 6.07 Å². The summed E-state index contributed by atoms with van der Waals surface area (Å²) in [4.78, 5) is 35.9. The fourth-order valence-corrected chi connectivity index (χ4v) is 1.83. The number of rotatable bonds is 1. The van der Waals surface area contributed by atoms with Crippen molar-refractivity contribution < 1.29 is 23.2 Å². The second kappa shape index (κ2) is 4.36. The Labute approximate surface area is 113 Å². The summed E-state index contributed by atoms with van der Waals surface area (Å²) in [5.41, 5.74) is -2.28.